The molecule has 31 heavy (non-hydrogen) atoms. The van der Waals surface area contributed by atoms with Crippen LogP contribution in [-0.4, -0.2) is 37.5 Å². The van der Waals surface area contributed by atoms with E-state index in [9.17, 15) is 14.7 Å². The molecule has 0 bridgehead atoms. The van der Waals surface area contributed by atoms with Crippen LogP contribution in [-0.2, 0) is 0 Å². The molecule has 3 aromatic heterocycles. The van der Waals surface area contributed by atoms with Crippen molar-refractivity contribution < 1.29 is 9.90 Å². The van der Waals surface area contributed by atoms with Gasteiger partial charge in [0, 0.05) is 18.6 Å². The Balaban J connectivity index is 1.58. The number of hydrogen-bond donors (Lipinski definition) is 2. The van der Waals surface area contributed by atoms with Gasteiger partial charge in [-0.2, -0.15) is 0 Å². The van der Waals surface area contributed by atoms with E-state index >= 15 is 0 Å². The van der Waals surface area contributed by atoms with Gasteiger partial charge in [0.1, 0.15) is 0 Å². The lowest BCUT2D eigenvalue weighted by Gasteiger charge is -2.28. The summed E-state index contributed by atoms with van der Waals surface area (Å²) in [5, 5.41) is 13.6. The monoisotopic (exact) mass is 414 g/mol. The number of aliphatic hydroxyl groups excluding tert-OH is 1. The highest BCUT2D eigenvalue weighted by Gasteiger charge is 2.26. The molecule has 1 saturated carbocycles. The van der Waals surface area contributed by atoms with Crippen LogP contribution in [0.25, 0.3) is 27.7 Å². The summed E-state index contributed by atoms with van der Waals surface area (Å²) < 4.78 is 1.41. The molecule has 0 saturated heterocycles. The third kappa shape index (κ3) is 3.57. The van der Waals surface area contributed by atoms with E-state index in [1.54, 1.807) is 36.8 Å². The van der Waals surface area contributed by atoms with Gasteiger partial charge in [0.05, 0.1) is 28.6 Å². The Bertz CT molecular complexity index is 1330. The number of nitrogens with zero attached hydrogens (tertiary/aromatic N) is 3. The molecule has 7 heteroatoms. The first-order chi connectivity index (χ1) is 15.1. The Kier molecular flexibility index (Phi) is 4.95. The highest BCUT2D eigenvalue weighted by atomic mass is 16.3. The van der Waals surface area contributed by atoms with Crippen LogP contribution in [0.3, 0.4) is 0 Å². The van der Waals surface area contributed by atoms with Crippen molar-refractivity contribution in [2.75, 3.05) is 0 Å². The smallest absolute Gasteiger partial charge is 0.265 e. The van der Waals surface area contributed by atoms with E-state index in [4.69, 9.17) is 0 Å². The van der Waals surface area contributed by atoms with Crippen molar-refractivity contribution in [1.82, 2.24) is 19.7 Å². The Labute approximate surface area is 178 Å². The SMILES string of the molecule is O=C(N[C@H]1CCCC[C@H]1O)c1cccn2c(=O)c3cc(-c4ccncc4)ccc3nc12. The zero-order chi connectivity index (χ0) is 21.4. The van der Waals surface area contributed by atoms with Crippen LogP contribution in [0.2, 0.25) is 0 Å². The predicted molar refractivity (Wildman–Crippen MR) is 118 cm³/mol. The first kappa shape index (κ1) is 19.4. The molecule has 0 radical (unpaired) electrons. The van der Waals surface area contributed by atoms with E-state index in [-0.39, 0.29) is 17.5 Å². The van der Waals surface area contributed by atoms with Crippen LogP contribution in [0.4, 0.5) is 0 Å². The van der Waals surface area contributed by atoms with Gasteiger partial charge >= 0.3 is 0 Å². The molecular formula is C24H22N4O3. The Morgan fingerprint density at radius 2 is 1.87 bits per heavy atom. The number of benzene rings is 1. The lowest BCUT2D eigenvalue weighted by molar-refractivity contribution is 0.0718. The third-order valence-electron chi connectivity index (χ3n) is 5.94. The van der Waals surface area contributed by atoms with Gasteiger partial charge in [-0.3, -0.25) is 19.0 Å². The van der Waals surface area contributed by atoms with Gasteiger partial charge in [0.15, 0.2) is 5.65 Å². The number of carbonyl (C=O) groups is 1. The van der Waals surface area contributed by atoms with Crippen LogP contribution in [0.1, 0.15) is 36.0 Å². The minimum absolute atomic E-state index is 0.233. The topological polar surface area (TPSA) is 96.6 Å². The van der Waals surface area contributed by atoms with Crippen LogP contribution in [0, 0.1) is 0 Å². The first-order valence-electron chi connectivity index (χ1n) is 10.5. The Hall–Kier alpha value is -3.58. The number of aliphatic hydroxyl groups is 1. The zero-order valence-corrected chi connectivity index (χ0v) is 16.9. The lowest BCUT2D eigenvalue weighted by atomic mass is 9.92. The van der Waals surface area contributed by atoms with E-state index in [0.29, 0.717) is 28.5 Å². The van der Waals surface area contributed by atoms with Crippen LogP contribution < -0.4 is 10.9 Å². The van der Waals surface area contributed by atoms with E-state index < -0.39 is 6.10 Å². The highest BCUT2D eigenvalue weighted by molar-refractivity contribution is 6.01. The Morgan fingerprint density at radius 3 is 2.68 bits per heavy atom. The third-order valence-corrected chi connectivity index (χ3v) is 5.94. The number of hydrogen-bond acceptors (Lipinski definition) is 5. The van der Waals surface area contributed by atoms with E-state index in [0.717, 1.165) is 30.4 Å². The maximum Gasteiger partial charge on any atom is 0.265 e. The van der Waals surface area contributed by atoms with Gasteiger partial charge in [0.25, 0.3) is 11.5 Å². The summed E-state index contributed by atoms with van der Waals surface area (Å²) in [5.74, 6) is -0.330. The maximum atomic E-state index is 13.2. The van der Waals surface area contributed by atoms with Crippen LogP contribution in [0.5, 0.6) is 0 Å². The fourth-order valence-corrected chi connectivity index (χ4v) is 4.25. The molecule has 156 valence electrons. The minimum atomic E-state index is -0.546. The summed E-state index contributed by atoms with van der Waals surface area (Å²) in [4.78, 5) is 34.9. The average molecular weight is 414 g/mol. The van der Waals surface area contributed by atoms with Gasteiger partial charge in [-0.15, -0.1) is 0 Å². The molecule has 3 heterocycles. The van der Waals surface area contributed by atoms with Crippen molar-refractivity contribution in [1.29, 1.82) is 0 Å². The summed E-state index contributed by atoms with van der Waals surface area (Å²) in [7, 11) is 0. The quantitative estimate of drug-likeness (QED) is 0.503. The van der Waals surface area contributed by atoms with E-state index in [1.165, 1.54) is 4.40 Å². The largest absolute Gasteiger partial charge is 0.391 e. The van der Waals surface area contributed by atoms with Crippen molar-refractivity contribution in [2.45, 2.75) is 37.8 Å². The second-order valence-corrected chi connectivity index (χ2v) is 7.93. The summed E-state index contributed by atoms with van der Waals surface area (Å²) in [6.07, 6.45) is 7.85. The van der Waals surface area contributed by atoms with Crippen LogP contribution in [0.15, 0.2) is 65.8 Å². The second-order valence-electron chi connectivity index (χ2n) is 7.93. The maximum absolute atomic E-state index is 13.2. The fourth-order valence-electron chi connectivity index (χ4n) is 4.25. The summed E-state index contributed by atoms with van der Waals surface area (Å²) >= 11 is 0. The highest BCUT2D eigenvalue weighted by Crippen LogP contribution is 2.23. The summed E-state index contributed by atoms with van der Waals surface area (Å²) in [5.41, 5.74) is 2.77. The number of carbonyl (C=O) groups excluding carboxylic acids is 1. The molecule has 1 aliphatic rings. The number of pyridine rings is 2. The fraction of sp³-hybridized carbons (Fsp3) is 0.250. The molecule has 5 rings (SSSR count). The minimum Gasteiger partial charge on any atom is -0.391 e. The molecule has 1 amide bonds. The van der Waals surface area contributed by atoms with Crippen molar-refractivity contribution in [3.63, 3.8) is 0 Å². The molecule has 1 fully saturated rings. The molecule has 4 aromatic rings. The van der Waals surface area contributed by atoms with Crippen molar-refractivity contribution in [3.8, 4) is 11.1 Å². The van der Waals surface area contributed by atoms with Gasteiger partial charge in [-0.1, -0.05) is 18.9 Å². The summed E-state index contributed by atoms with van der Waals surface area (Å²) in [6.45, 7) is 0. The van der Waals surface area contributed by atoms with Gasteiger partial charge in [-0.25, -0.2) is 4.98 Å². The van der Waals surface area contributed by atoms with E-state index in [1.807, 2.05) is 24.3 Å². The zero-order valence-electron chi connectivity index (χ0n) is 16.9. The number of rotatable bonds is 3. The molecule has 2 N–H and O–H groups in total. The predicted octanol–water partition coefficient (Wildman–Crippen LogP) is 2.94. The number of nitrogens with one attached hydrogen (secondary N) is 1. The molecule has 2 atom stereocenters. The molecular weight excluding hydrogens is 392 g/mol. The molecule has 0 aliphatic heterocycles. The van der Waals surface area contributed by atoms with Crippen molar-refractivity contribution in [2.24, 2.45) is 0 Å². The van der Waals surface area contributed by atoms with Crippen LogP contribution >= 0.6 is 0 Å². The van der Waals surface area contributed by atoms with Gasteiger partial charge in [-0.05, 0) is 60.4 Å². The van der Waals surface area contributed by atoms with E-state index in [2.05, 4.69) is 15.3 Å². The molecule has 1 aliphatic carbocycles. The number of fused-ring (bicyclic) bond motifs is 2. The van der Waals surface area contributed by atoms with Crippen molar-refractivity contribution in [3.05, 3.63) is 77.0 Å². The normalized spacial score (nSPS) is 18.9. The number of amides is 1. The molecule has 1 aromatic carbocycles. The second kappa shape index (κ2) is 7.92. The lowest BCUT2D eigenvalue weighted by Crippen LogP contribution is -2.45. The molecule has 0 spiro atoms. The summed E-state index contributed by atoms with van der Waals surface area (Å²) in [6, 6.07) is 12.3. The Morgan fingerprint density at radius 1 is 1.06 bits per heavy atom. The number of aromatic nitrogens is 3. The molecule has 0 unspecified atom stereocenters. The van der Waals surface area contributed by atoms with Crippen molar-refractivity contribution >= 4 is 22.5 Å². The van der Waals surface area contributed by atoms with Gasteiger partial charge < -0.3 is 10.4 Å². The molecule has 7 nitrogen and oxygen atoms in total. The first-order valence-corrected chi connectivity index (χ1v) is 10.5. The standard InChI is InChI=1S/C24H22N4O3/c29-21-6-2-1-5-20(21)27-23(30)17-4-3-13-28-22(17)26-19-8-7-16(14-18(19)24(28)31)15-9-11-25-12-10-15/h3-4,7-14,20-21,29H,1-2,5-6H2,(H,27,30)/t20-,21+/m0/s1. The van der Waals surface area contributed by atoms with Gasteiger partial charge in [0.2, 0.25) is 0 Å². The average Bonchev–Trinajstić information content (AvgIpc) is 2.81.